The van der Waals surface area contributed by atoms with Gasteiger partial charge in [-0.25, -0.2) is 0 Å². The number of hydrogen-bond donors (Lipinski definition) is 2. The molecule has 0 aromatic rings. The van der Waals surface area contributed by atoms with Gasteiger partial charge in [0.05, 0.1) is 6.61 Å². The monoisotopic (exact) mass is 202 g/mol. The van der Waals surface area contributed by atoms with E-state index in [4.69, 9.17) is 16.2 Å². The predicted molar refractivity (Wildman–Crippen MR) is 56.7 cm³/mol. The highest BCUT2D eigenvalue weighted by molar-refractivity contribution is 5.75. The minimum Gasteiger partial charge on any atom is -0.465 e. The van der Waals surface area contributed by atoms with Crippen LogP contribution in [0.15, 0.2) is 0 Å². The first-order valence-electron chi connectivity index (χ1n) is 5.34. The Balaban J connectivity index is 3.44. The van der Waals surface area contributed by atoms with Gasteiger partial charge in [-0.2, -0.15) is 0 Å². The van der Waals surface area contributed by atoms with Crippen LogP contribution in [0.5, 0.6) is 0 Å². The minimum absolute atomic E-state index is 0.282. The van der Waals surface area contributed by atoms with Crippen LogP contribution in [0.1, 0.15) is 39.0 Å². The third kappa shape index (κ3) is 6.86. The first kappa shape index (κ1) is 13.4. The second-order valence-corrected chi connectivity index (χ2v) is 3.41. The molecule has 0 aliphatic rings. The molecule has 0 unspecified atom stereocenters. The van der Waals surface area contributed by atoms with E-state index >= 15 is 0 Å². The summed E-state index contributed by atoms with van der Waals surface area (Å²) in [7, 11) is 0. The third-order valence-electron chi connectivity index (χ3n) is 2.01. The third-order valence-corrected chi connectivity index (χ3v) is 2.01. The first-order valence-corrected chi connectivity index (χ1v) is 5.34. The van der Waals surface area contributed by atoms with Crippen LogP contribution in [0.25, 0.3) is 0 Å². The van der Waals surface area contributed by atoms with Crippen LogP contribution in [0, 0.1) is 0 Å². The lowest BCUT2D eigenvalue weighted by molar-refractivity contribution is -0.145. The summed E-state index contributed by atoms with van der Waals surface area (Å²) in [5.74, 6) is -0.282. The lowest BCUT2D eigenvalue weighted by Crippen LogP contribution is -2.32. The van der Waals surface area contributed by atoms with Crippen molar-refractivity contribution in [3.63, 3.8) is 0 Å². The Labute approximate surface area is 86.0 Å². The number of unbranched alkanes of at least 4 members (excludes halogenated alkanes) is 2. The molecule has 0 spiro atoms. The molecule has 4 nitrogen and oxygen atoms in total. The standard InChI is InChI=1S/C10H22N2O2/c1-2-3-8-14-10(13)9(12)6-4-5-7-11/h9H,2-8,11-12H2,1H3/t9-/m0/s1. The molecule has 0 heterocycles. The largest absolute Gasteiger partial charge is 0.465 e. The number of nitrogens with two attached hydrogens (primary N) is 2. The molecular weight excluding hydrogens is 180 g/mol. The lowest BCUT2D eigenvalue weighted by Gasteiger charge is -2.10. The number of ether oxygens (including phenoxy) is 1. The summed E-state index contributed by atoms with van der Waals surface area (Å²) in [5.41, 5.74) is 11.0. The number of rotatable bonds is 8. The van der Waals surface area contributed by atoms with Crippen molar-refractivity contribution in [2.75, 3.05) is 13.2 Å². The van der Waals surface area contributed by atoms with Crippen LogP contribution in [0.3, 0.4) is 0 Å². The molecular formula is C10H22N2O2. The molecule has 0 fully saturated rings. The Morgan fingerprint density at radius 3 is 2.64 bits per heavy atom. The fraction of sp³-hybridized carbons (Fsp3) is 0.900. The highest BCUT2D eigenvalue weighted by Gasteiger charge is 2.13. The topological polar surface area (TPSA) is 78.3 Å². The number of carbonyl (C=O) groups is 1. The fourth-order valence-electron chi connectivity index (χ4n) is 1.05. The van der Waals surface area contributed by atoms with Crippen LogP contribution in [0.4, 0.5) is 0 Å². The molecule has 0 aliphatic carbocycles. The van der Waals surface area contributed by atoms with E-state index in [1.165, 1.54) is 0 Å². The maximum absolute atomic E-state index is 11.2. The lowest BCUT2D eigenvalue weighted by atomic mass is 10.1. The summed E-state index contributed by atoms with van der Waals surface area (Å²) in [6.07, 6.45) is 4.40. The van der Waals surface area contributed by atoms with Crippen LogP contribution >= 0.6 is 0 Å². The average molecular weight is 202 g/mol. The van der Waals surface area contributed by atoms with E-state index in [-0.39, 0.29) is 5.97 Å². The summed E-state index contributed by atoms with van der Waals surface area (Å²) < 4.78 is 4.98. The maximum atomic E-state index is 11.2. The first-order chi connectivity index (χ1) is 6.72. The molecule has 84 valence electrons. The van der Waals surface area contributed by atoms with E-state index in [0.29, 0.717) is 19.6 Å². The van der Waals surface area contributed by atoms with Gasteiger partial charge < -0.3 is 16.2 Å². The van der Waals surface area contributed by atoms with Gasteiger partial charge in [0.25, 0.3) is 0 Å². The van der Waals surface area contributed by atoms with Crippen molar-refractivity contribution in [1.29, 1.82) is 0 Å². The predicted octanol–water partition coefficient (Wildman–Crippen LogP) is 0.786. The van der Waals surface area contributed by atoms with Gasteiger partial charge in [-0.1, -0.05) is 19.8 Å². The van der Waals surface area contributed by atoms with Gasteiger partial charge >= 0.3 is 5.97 Å². The highest BCUT2D eigenvalue weighted by Crippen LogP contribution is 2.00. The van der Waals surface area contributed by atoms with Crippen molar-refractivity contribution in [2.24, 2.45) is 11.5 Å². The Morgan fingerprint density at radius 1 is 1.36 bits per heavy atom. The summed E-state index contributed by atoms with van der Waals surface area (Å²) in [6, 6.07) is -0.474. The van der Waals surface area contributed by atoms with Gasteiger partial charge in [0.2, 0.25) is 0 Å². The second-order valence-electron chi connectivity index (χ2n) is 3.41. The normalized spacial score (nSPS) is 12.5. The van der Waals surface area contributed by atoms with Crippen molar-refractivity contribution in [3.8, 4) is 0 Å². The number of esters is 1. The zero-order valence-electron chi connectivity index (χ0n) is 9.00. The van der Waals surface area contributed by atoms with Crippen LogP contribution in [0.2, 0.25) is 0 Å². The molecule has 0 rings (SSSR count). The fourth-order valence-corrected chi connectivity index (χ4v) is 1.05. The number of carbonyl (C=O) groups excluding carboxylic acids is 1. The molecule has 0 saturated heterocycles. The Bertz CT molecular complexity index is 151. The Morgan fingerprint density at radius 2 is 2.07 bits per heavy atom. The van der Waals surface area contributed by atoms with E-state index in [0.717, 1.165) is 25.7 Å². The molecule has 0 radical (unpaired) electrons. The highest BCUT2D eigenvalue weighted by atomic mass is 16.5. The quantitative estimate of drug-likeness (QED) is 0.450. The smallest absolute Gasteiger partial charge is 0.322 e. The van der Waals surface area contributed by atoms with E-state index < -0.39 is 6.04 Å². The van der Waals surface area contributed by atoms with Gasteiger partial charge in [0.1, 0.15) is 6.04 Å². The second kappa shape index (κ2) is 8.97. The maximum Gasteiger partial charge on any atom is 0.322 e. The van der Waals surface area contributed by atoms with E-state index in [9.17, 15) is 4.79 Å². The van der Waals surface area contributed by atoms with E-state index in [2.05, 4.69) is 6.92 Å². The van der Waals surface area contributed by atoms with Gasteiger partial charge in [-0.3, -0.25) is 4.79 Å². The summed E-state index contributed by atoms with van der Waals surface area (Å²) >= 11 is 0. The average Bonchev–Trinajstić information content (AvgIpc) is 2.18. The van der Waals surface area contributed by atoms with Crippen molar-refractivity contribution in [2.45, 2.75) is 45.1 Å². The molecule has 0 saturated carbocycles. The SMILES string of the molecule is CCCCOC(=O)[C@@H](N)CCCCN. The van der Waals surface area contributed by atoms with Gasteiger partial charge in [0.15, 0.2) is 0 Å². The molecule has 0 aromatic heterocycles. The summed E-state index contributed by atoms with van der Waals surface area (Å²) in [4.78, 5) is 11.2. The molecule has 4 heteroatoms. The molecule has 14 heavy (non-hydrogen) atoms. The zero-order valence-corrected chi connectivity index (χ0v) is 9.00. The van der Waals surface area contributed by atoms with Crippen LogP contribution < -0.4 is 11.5 Å². The van der Waals surface area contributed by atoms with Gasteiger partial charge in [-0.15, -0.1) is 0 Å². The zero-order chi connectivity index (χ0) is 10.8. The Hall–Kier alpha value is -0.610. The van der Waals surface area contributed by atoms with Crippen molar-refractivity contribution >= 4 is 5.97 Å². The Kier molecular flexibility index (Phi) is 8.57. The van der Waals surface area contributed by atoms with Crippen LogP contribution in [-0.2, 0) is 9.53 Å². The van der Waals surface area contributed by atoms with Crippen molar-refractivity contribution < 1.29 is 9.53 Å². The molecule has 0 amide bonds. The summed E-state index contributed by atoms with van der Waals surface area (Å²) in [6.45, 7) is 3.19. The van der Waals surface area contributed by atoms with Crippen molar-refractivity contribution in [3.05, 3.63) is 0 Å². The number of hydrogen-bond acceptors (Lipinski definition) is 4. The summed E-state index contributed by atoms with van der Waals surface area (Å²) in [5, 5.41) is 0. The molecule has 0 aromatic carbocycles. The van der Waals surface area contributed by atoms with Crippen LogP contribution in [-0.4, -0.2) is 25.2 Å². The molecule has 0 aliphatic heterocycles. The van der Waals surface area contributed by atoms with Crippen molar-refractivity contribution in [1.82, 2.24) is 0 Å². The molecule has 4 N–H and O–H groups in total. The molecule has 0 bridgehead atoms. The molecule has 1 atom stereocenters. The van der Waals surface area contributed by atoms with E-state index in [1.54, 1.807) is 0 Å². The van der Waals surface area contributed by atoms with Gasteiger partial charge in [-0.05, 0) is 25.8 Å². The minimum atomic E-state index is -0.474. The van der Waals surface area contributed by atoms with Gasteiger partial charge in [0, 0.05) is 0 Å². The van der Waals surface area contributed by atoms with E-state index in [1.807, 2.05) is 0 Å².